The summed E-state index contributed by atoms with van der Waals surface area (Å²) < 4.78 is 15.9. The lowest BCUT2D eigenvalue weighted by Crippen LogP contribution is -2.36. The van der Waals surface area contributed by atoms with Crippen LogP contribution in [0.1, 0.15) is 86.1 Å². The van der Waals surface area contributed by atoms with Crippen LogP contribution >= 0.6 is 0 Å². The lowest BCUT2D eigenvalue weighted by Gasteiger charge is -2.30. The summed E-state index contributed by atoms with van der Waals surface area (Å²) in [6.07, 6.45) is 8.70. The first-order chi connectivity index (χ1) is 20.4. The molecular formula is C34H44FN5O3. The number of fused-ring (bicyclic) bond motifs is 3. The molecule has 2 fully saturated rings. The van der Waals surface area contributed by atoms with Crippen LogP contribution in [0, 0.1) is 17.2 Å². The Morgan fingerprint density at radius 2 is 1.65 bits per heavy atom. The predicted molar refractivity (Wildman–Crippen MR) is 168 cm³/mol. The summed E-state index contributed by atoms with van der Waals surface area (Å²) in [5.74, 6) is -0.848. The number of carbonyl (C=O) groups is 3. The SMILES string of the molecule is CC1(C)CC(=O)n2c(c(-c3ccc(C(N)=O)c(NC4CCCCC4)c3)c3ccc(F)cc32)C1.CN1CCC(C(N)=O)CC1. The molecule has 1 saturated heterocycles. The number of likely N-dealkylation sites (tertiary alicyclic amines) is 1. The van der Waals surface area contributed by atoms with Gasteiger partial charge in [-0.2, -0.15) is 0 Å². The molecule has 0 spiro atoms. The van der Waals surface area contributed by atoms with Crippen molar-refractivity contribution < 1.29 is 18.8 Å². The number of anilines is 1. The zero-order chi connectivity index (χ0) is 30.9. The minimum absolute atomic E-state index is 0.0163. The van der Waals surface area contributed by atoms with E-state index in [2.05, 4.69) is 31.1 Å². The summed E-state index contributed by atoms with van der Waals surface area (Å²) >= 11 is 0. The molecule has 1 saturated carbocycles. The van der Waals surface area contributed by atoms with Gasteiger partial charge in [-0.3, -0.25) is 19.0 Å². The number of primary amides is 2. The number of hydrogen-bond donors (Lipinski definition) is 3. The van der Waals surface area contributed by atoms with Gasteiger partial charge < -0.3 is 21.7 Å². The van der Waals surface area contributed by atoms with E-state index in [0.717, 1.165) is 66.7 Å². The molecule has 2 aliphatic heterocycles. The highest BCUT2D eigenvalue weighted by Gasteiger charge is 2.35. The van der Waals surface area contributed by atoms with Crippen molar-refractivity contribution in [3.63, 3.8) is 0 Å². The number of amides is 2. The number of aromatic nitrogens is 1. The number of benzene rings is 2. The van der Waals surface area contributed by atoms with Gasteiger partial charge in [-0.05, 0) is 93.6 Å². The van der Waals surface area contributed by atoms with Crippen molar-refractivity contribution in [2.24, 2.45) is 22.8 Å². The van der Waals surface area contributed by atoms with Crippen LogP contribution < -0.4 is 16.8 Å². The van der Waals surface area contributed by atoms with Gasteiger partial charge in [-0.25, -0.2) is 4.39 Å². The molecule has 230 valence electrons. The number of halogens is 1. The van der Waals surface area contributed by atoms with Gasteiger partial charge >= 0.3 is 0 Å². The Labute approximate surface area is 253 Å². The second-order valence-corrected chi connectivity index (χ2v) is 13.3. The topological polar surface area (TPSA) is 123 Å². The molecular weight excluding hydrogens is 545 g/mol. The predicted octanol–water partition coefficient (Wildman–Crippen LogP) is 5.72. The number of nitrogens with two attached hydrogens (primary N) is 2. The summed E-state index contributed by atoms with van der Waals surface area (Å²) in [6, 6.07) is 10.6. The summed E-state index contributed by atoms with van der Waals surface area (Å²) in [5.41, 5.74) is 15.2. The van der Waals surface area contributed by atoms with E-state index in [1.807, 2.05) is 12.1 Å². The second-order valence-electron chi connectivity index (χ2n) is 13.3. The van der Waals surface area contributed by atoms with E-state index >= 15 is 0 Å². The van der Waals surface area contributed by atoms with Crippen molar-refractivity contribution >= 4 is 34.3 Å². The minimum Gasteiger partial charge on any atom is -0.382 e. The molecule has 3 heterocycles. The van der Waals surface area contributed by atoms with E-state index in [4.69, 9.17) is 11.5 Å². The van der Waals surface area contributed by atoms with E-state index in [1.54, 1.807) is 16.7 Å². The number of rotatable bonds is 5. The van der Waals surface area contributed by atoms with Crippen LogP contribution in [-0.2, 0) is 11.2 Å². The highest BCUT2D eigenvalue weighted by Crippen LogP contribution is 2.43. The third-order valence-corrected chi connectivity index (χ3v) is 9.21. The number of carbonyl (C=O) groups excluding carboxylic acids is 3. The van der Waals surface area contributed by atoms with Crippen molar-refractivity contribution in [3.05, 3.63) is 53.5 Å². The quantitative estimate of drug-likeness (QED) is 0.351. The number of piperidine rings is 1. The number of nitrogens with one attached hydrogen (secondary N) is 1. The maximum atomic E-state index is 14.2. The monoisotopic (exact) mass is 589 g/mol. The van der Waals surface area contributed by atoms with E-state index in [9.17, 15) is 18.8 Å². The van der Waals surface area contributed by atoms with E-state index < -0.39 is 5.91 Å². The summed E-state index contributed by atoms with van der Waals surface area (Å²) in [6.45, 7) is 6.19. The highest BCUT2D eigenvalue weighted by atomic mass is 19.1. The molecule has 43 heavy (non-hydrogen) atoms. The van der Waals surface area contributed by atoms with E-state index in [0.29, 0.717) is 30.0 Å². The first-order valence-electron chi connectivity index (χ1n) is 15.5. The van der Waals surface area contributed by atoms with Gasteiger partial charge in [0.15, 0.2) is 0 Å². The lowest BCUT2D eigenvalue weighted by molar-refractivity contribution is -0.123. The number of nitrogens with zero attached hydrogens (tertiary/aromatic N) is 2. The van der Waals surface area contributed by atoms with Crippen molar-refractivity contribution in [2.75, 3.05) is 25.5 Å². The molecule has 2 aromatic carbocycles. The molecule has 1 aliphatic carbocycles. The fraction of sp³-hybridized carbons (Fsp3) is 0.500. The van der Waals surface area contributed by atoms with Crippen LogP contribution in [-0.4, -0.2) is 53.4 Å². The van der Waals surface area contributed by atoms with Crippen LogP contribution in [0.2, 0.25) is 0 Å². The molecule has 1 aromatic heterocycles. The van der Waals surface area contributed by atoms with E-state index in [1.165, 1.54) is 31.4 Å². The van der Waals surface area contributed by atoms with Gasteiger partial charge in [0.05, 0.1) is 11.1 Å². The highest BCUT2D eigenvalue weighted by molar-refractivity contribution is 6.06. The lowest BCUT2D eigenvalue weighted by atomic mass is 9.80. The van der Waals surface area contributed by atoms with Crippen LogP contribution in [0.25, 0.3) is 22.0 Å². The van der Waals surface area contributed by atoms with Crippen molar-refractivity contribution in [1.82, 2.24) is 9.47 Å². The standard InChI is InChI=1S/C27H30FN3O2.C7H14N2O/c1-27(2)14-23-25(20-11-9-17(28)13-22(20)31(23)24(32)15-27)16-8-10-19(26(29)33)21(12-16)30-18-6-4-3-5-7-18;1-9-4-2-6(3-5-9)7(8)10/h8-13,18,30H,3-7,14-15H2,1-2H3,(H2,29,33);6H,2-5H2,1H3,(H2,8,10). The van der Waals surface area contributed by atoms with Gasteiger partial charge in [0.25, 0.3) is 5.91 Å². The van der Waals surface area contributed by atoms with Crippen LogP contribution in [0.5, 0.6) is 0 Å². The van der Waals surface area contributed by atoms with Crippen molar-refractivity contribution in [2.45, 2.75) is 77.7 Å². The largest absolute Gasteiger partial charge is 0.382 e. The smallest absolute Gasteiger partial charge is 0.250 e. The number of hydrogen-bond acceptors (Lipinski definition) is 5. The van der Waals surface area contributed by atoms with Gasteiger partial charge in [0, 0.05) is 40.7 Å². The third kappa shape index (κ3) is 6.77. The molecule has 2 amide bonds. The molecule has 6 rings (SSSR count). The molecule has 0 unspecified atom stereocenters. The van der Waals surface area contributed by atoms with E-state index in [-0.39, 0.29) is 29.0 Å². The first kappa shape index (κ1) is 30.7. The zero-order valence-electron chi connectivity index (χ0n) is 25.5. The van der Waals surface area contributed by atoms with Crippen LogP contribution in [0.4, 0.5) is 10.1 Å². The average molecular weight is 590 g/mol. The molecule has 5 N–H and O–H groups in total. The van der Waals surface area contributed by atoms with Gasteiger partial charge in [0.1, 0.15) is 5.82 Å². The van der Waals surface area contributed by atoms with Gasteiger partial charge in [-0.15, -0.1) is 0 Å². The van der Waals surface area contributed by atoms with Crippen LogP contribution in [0.15, 0.2) is 36.4 Å². The maximum Gasteiger partial charge on any atom is 0.250 e. The summed E-state index contributed by atoms with van der Waals surface area (Å²) in [7, 11) is 2.07. The minimum atomic E-state index is -0.470. The van der Waals surface area contributed by atoms with Crippen LogP contribution in [0.3, 0.4) is 0 Å². The Hall–Kier alpha value is -3.72. The fourth-order valence-electron chi connectivity index (χ4n) is 6.89. The second kappa shape index (κ2) is 12.5. The summed E-state index contributed by atoms with van der Waals surface area (Å²) in [4.78, 5) is 38.2. The molecule has 0 radical (unpaired) electrons. The Bertz CT molecular complexity index is 1530. The van der Waals surface area contributed by atoms with Crippen molar-refractivity contribution in [3.8, 4) is 11.1 Å². The molecule has 3 aliphatic rings. The van der Waals surface area contributed by atoms with Crippen molar-refractivity contribution in [1.29, 1.82) is 0 Å². The normalized spacial score (nSPS) is 19.4. The summed E-state index contributed by atoms with van der Waals surface area (Å²) in [5, 5.41) is 4.40. The molecule has 3 aromatic rings. The maximum absolute atomic E-state index is 14.2. The van der Waals surface area contributed by atoms with Gasteiger partial charge in [-0.1, -0.05) is 39.2 Å². The average Bonchev–Trinajstić information content (AvgIpc) is 3.26. The Morgan fingerprint density at radius 3 is 2.30 bits per heavy atom. The zero-order valence-corrected chi connectivity index (χ0v) is 25.5. The molecule has 0 atom stereocenters. The Morgan fingerprint density at radius 1 is 0.953 bits per heavy atom. The molecule has 9 heteroatoms. The molecule has 8 nitrogen and oxygen atoms in total. The third-order valence-electron chi connectivity index (χ3n) is 9.21. The fourth-order valence-corrected chi connectivity index (χ4v) is 6.89. The van der Waals surface area contributed by atoms with Gasteiger partial charge in [0.2, 0.25) is 11.8 Å². The molecule has 0 bridgehead atoms. The Balaban J connectivity index is 0.000000314. The first-order valence-corrected chi connectivity index (χ1v) is 15.5. The Kier molecular flexibility index (Phi) is 8.92.